The van der Waals surface area contributed by atoms with Gasteiger partial charge in [-0.3, -0.25) is 0 Å². The zero-order valence-corrected chi connectivity index (χ0v) is 18.4. The monoisotopic (exact) mass is 473 g/mol. The Morgan fingerprint density at radius 3 is 2.88 bits per heavy atom. The van der Waals surface area contributed by atoms with Crippen LogP contribution < -0.4 is 15.4 Å². The van der Waals surface area contributed by atoms with Crippen LogP contribution in [0.15, 0.2) is 40.9 Å². The van der Waals surface area contributed by atoms with Gasteiger partial charge in [0.05, 0.1) is 19.8 Å². The predicted molar refractivity (Wildman–Crippen MR) is 119 cm³/mol. The summed E-state index contributed by atoms with van der Waals surface area (Å²) in [5.74, 6) is 1.74. The van der Waals surface area contributed by atoms with Crippen molar-refractivity contribution in [1.29, 1.82) is 0 Å². The molecule has 0 saturated carbocycles. The van der Waals surface area contributed by atoms with Crippen molar-refractivity contribution < 1.29 is 9.47 Å². The summed E-state index contributed by atoms with van der Waals surface area (Å²) < 4.78 is 11.3. The molecule has 26 heavy (non-hydrogen) atoms. The second-order valence-electron chi connectivity index (χ2n) is 6.33. The third-order valence-electron chi connectivity index (χ3n) is 3.97. The van der Waals surface area contributed by atoms with Crippen molar-refractivity contribution in [2.24, 2.45) is 4.99 Å². The molecule has 1 aromatic carbocycles. The van der Waals surface area contributed by atoms with Crippen LogP contribution in [0.3, 0.4) is 0 Å². The molecule has 0 bridgehead atoms. The zero-order valence-electron chi connectivity index (χ0n) is 16.1. The summed E-state index contributed by atoms with van der Waals surface area (Å²) in [6.07, 6.45) is 4.28. The Morgan fingerprint density at radius 2 is 2.19 bits per heavy atom. The first-order chi connectivity index (χ1) is 12.2. The van der Waals surface area contributed by atoms with Crippen molar-refractivity contribution in [1.82, 2.24) is 10.6 Å². The van der Waals surface area contributed by atoms with Gasteiger partial charge < -0.3 is 20.1 Å². The molecule has 6 heteroatoms. The molecule has 2 rings (SSSR count). The van der Waals surface area contributed by atoms with E-state index in [0.717, 1.165) is 50.9 Å². The van der Waals surface area contributed by atoms with Crippen molar-refractivity contribution in [3.8, 4) is 5.75 Å². The van der Waals surface area contributed by atoms with Crippen LogP contribution >= 0.6 is 24.0 Å². The minimum absolute atomic E-state index is 0. The fraction of sp³-hybridized carbons (Fsp3) is 0.550. The summed E-state index contributed by atoms with van der Waals surface area (Å²) in [5, 5.41) is 6.69. The lowest BCUT2D eigenvalue weighted by Gasteiger charge is -2.17. The van der Waals surface area contributed by atoms with E-state index in [1.54, 1.807) is 0 Å². The van der Waals surface area contributed by atoms with Gasteiger partial charge in [-0.2, -0.15) is 0 Å². The molecule has 1 unspecified atom stereocenters. The minimum atomic E-state index is 0. The molecule has 5 nitrogen and oxygen atoms in total. The number of guanidine groups is 1. The van der Waals surface area contributed by atoms with Gasteiger partial charge in [0.1, 0.15) is 11.9 Å². The van der Waals surface area contributed by atoms with E-state index < -0.39 is 0 Å². The van der Waals surface area contributed by atoms with Gasteiger partial charge in [-0.25, -0.2) is 4.99 Å². The Labute approximate surface area is 174 Å². The number of halogens is 1. The maximum Gasteiger partial charge on any atom is 0.191 e. The van der Waals surface area contributed by atoms with Gasteiger partial charge in [0.25, 0.3) is 0 Å². The molecule has 1 atom stereocenters. The molecule has 0 spiro atoms. The van der Waals surface area contributed by atoms with Gasteiger partial charge in [-0.05, 0) is 51.3 Å². The molecule has 146 valence electrons. The molecule has 0 radical (unpaired) electrons. The fourth-order valence-electron chi connectivity index (χ4n) is 2.65. The van der Waals surface area contributed by atoms with E-state index in [-0.39, 0.29) is 30.1 Å². The normalized spacial score (nSPS) is 15.5. The molecule has 0 saturated heterocycles. The molecule has 2 N–H and O–H groups in total. The Balaban J connectivity index is 0.00000338. The van der Waals surface area contributed by atoms with E-state index in [9.17, 15) is 0 Å². The third kappa shape index (κ3) is 8.89. The largest absolute Gasteiger partial charge is 0.489 e. The highest BCUT2D eigenvalue weighted by atomic mass is 127. The first kappa shape index (κ1) is 22.8. The standard InChI is InChI=1S/C20H31N3O2.HI/c1-4-21-20(22-11-8-18-9-12-24-13-10-18)23-15-17(3)25-19-7-5-6-16(2)14-19;/h5-7,9,14,17H,4,8,10-13,15H2,1-3H3,(H2,21,22,23);1H. The number of ether oxygens (including phenoxy) is 2. The lowest BCUT2D eigenvalue weighted by atomic mass is 10.1. The van der Waals surface area contributed by atoms with E-state index in [2.05, 4.69) is 41.6 Å². The molecule has 1 aromatic rings. The van der Waals surface area contributed by atoms with Crippen molar-refractivity contribution in [3.05, 3.63) is 41.5 Å². The van der Waals surface area contributed by atoms with E-state index in [1.807, 2.05) is 25.1 Å². The fourth-order valence-corrected chi connectivity index (χ4v) is 2.65. The highest BCUT2D eigenvalue weighted by Crippen LogP contribution is 2.14. The Hall–Kier alpha value is -1.28. The number of nitrogens with one attached hydrogen (secondary N) is 2. The van der Waals surface area contributed by atoms with Crippen molar-refractivity contribution in [2.45, 2.75) is 39.7 Å². The number of hydrogen-bond donors (Lipinski definition) is 2. The number of benzene rings is 1. The summed E-state index contributed by atoms with van der Waals surface area (Å²) >= 11 is 0. The molecular formula is C20H32IN3O2. The molecule has 1 aliphatic heterocycles. The topological polar surface area (TPSA) is 54.9 Å². The Bertz CT molecular complexity index is 590. The van der Waals surface area contributed by atoms with Crippen LogP contribution in [0.5, 0.6) is 5.75 Å². The Kier molecular flexibility index (Phi) is 11.4. The Morgan fingerprint density at radius 1 is 1.35 bits per heavy atom. The van der Waals surface area contributed by atoms with Gasteiger partial charge in [0.2, 0.25) is 0 Å². The number of rotatable bonds is 8. The lowest BCUT2D eigenvalue weighted by Crippen LogP contribution is -2.38. The smallest absolute Gasteiger partial charge is 0.191 e. The van der Waals surface area contributed by atoms with Crippen LogP contribution in [0.2, 0.25) is 0 Å². The quantitative estimate of drug-likeness (QED) is 0.262. The van der Waals surface area contributed by atoms with Crippen LogP contribution in [0.1, 0.15) is 32.3 Å². The molecule has 1 aliphatic rings. The van der Waals surface area contributed by atoms with Crippen LogP contribution in [-0.4, -0.2) is 44.9 Å². The molecule has 0 aliphatic carbocycles. The molecule has 0 aromatic heterocycles. The highest BCUT2D eigenvalue weighted by Gasteiger charge is 2.06. The van der Waals surface area contributed by atoms with E-state index >= 15 is 0 Å². The van der Waals surface area contributed by atoms with Gasteiger partial charge in [0, 0.05) is 13.1 Å². The average Bonchev–Trinajstić information content (AvgIpc) is 2.60. The molecule has 0 amide bonds. The average molecular weight is 473 g/mol. The summed E-state index contributed by atoms with van der Waals surface area (Å²) in [5.41, 5.74) is 2.66. The van der Waals surface area contributed by atoms with Gasteiger partial charge >= 0.3 is 0 Å². The first-order valence-electron chi connectivity index (χ1n) is 9.18. The second kappa shape index (κ2) is 13.0. The predicted octanol–water partition coefficient (Wildman–Crippen LogP) is 3.67. The third-order valence-corrected chi connectivity index (χ3v) is 3.97. The van der Waals surface area contributed by atoms with Crippen LogP contribution in [0.25, 0.3) is 0 Å². The van der Waals surface area contributed by atoms with Gasteiger partial charge in [0.15, 0.2) is 5.96 Å². The first-order valence-corrected chi connectivity index (χ1v) is 9.18. The lowest BCUT2D eigenvalue weighted by molar-refractivity contribution is 0.153. The summed E-state index contributed by atoms with van der Waals surface area (Å²) in [6.45, 7) is 10.1. The summed E-state index contributed by atoms with van der Waals surface area (Å²) in [6, 6.07) is 8.11. The van der Waals surface area contributed by atoms with E-state index in [0.29, 0.717) is 6.54 Å². The second-order valence-corrected chi connectivity index (χ2v) is 6.33. The van der Waals surface area contributed by atoms with Gasteiger partial charge in [-0.1, -0.05) is 23.8 Å². The highest BCUT2D eigenvalue weighted by molar-refractivity contribution is 14.0. The number of aliphatic imine (C=N–C) groups is 1. The number of hydrogen-bond acceptors (Lipinski definition) is 3. The maximum atomic E-state index is 5.94. The minimum Gasteiger partial charge on any atom is -0.489 e. The van der Waals surface area contributed by atoms with Gasteiger partial charge in [-0.15, -0.1) is 24.0 Å². The maximum absolute atomic E-state index is 5.94. The molecule has 0 fully saturated rings. The zero-order chi connectivity index (χ0) is 17.9. The SMILES string of the molecule is CCNC(=NCC(C)Oc1cccc(C)c1)NCCC1=CCOCC1.I. The molecular weight excluding hydrogens is 441 g/mol. The van der Waals surface area contributed by atoms with E-state index in [1.165, 1.54) is 11.1 Å². The van der Waals surface area contributed by atoms with Crippen molar-refractivity contribution in [2.75, 3.05) is 32.8 Å². The van der Waals surface area contributed by atoms with Crippen LogP contribution in [-0.2, 0) is 4.74 Å². The van der Waals surface area contributed by atoms with Crippen LogP contribution in [0, 0.1) is 6.92 Å². The van der Waals surface area contributed by atoms with Crippen LogP contribution in [0.4, 0.5) is 0 Å². The summed E-state index contributed by atoms with van der Waals surface area (Å²) in [7, 11) is 0. The number of nitrogens with zero attached hydrogens (tertiary/aromatic N) is 1. The van der Waals surface area contributed by atoms with E-state index in [4.69, 9.17) is 9.47 Å². The number of aryl methyl sites for hydroxylation is 1. The van der Waals surface area contributed by atoms with Crippen molar-refractivity contribution in [3.63, 3.8) is 0 Å². The summed E-state index contributed by atoms with van der Waals surface area (Å²) in [4.78, 5) is 4.64. The van der Waals surface area contributed by atoms with Crippen molar-refractivity contribution >= 4 is 29.9 Å². The molecule has 1 heterocycles.